The number of hydrogen-bond acceptors (Lipinski definition) is 4. The van der Waals surface area contributed by atoms with Gasteiger partial charge in [-0.05, 0) is 19.9 Å². The maximum absolute atomic E-state index is 10.1. The molecule has 0 aliphatic rings. The van der Waals surface area contributed by atoms with Gasteiger partial charge in [0.2, 0.25) is 0 Å². The second-order valence-electron chi connectivity index (χ2n) is 3.08. The fraction of sp³-hybridized carbons (Fsp3) is 0.667. The van der Waals surface area contributed by atoms with Gasteiger partial charge in [0, 0.05) is 6.08 Å². The number of aliphatic carboxylic acids is 1. The zero-order valence-corrected chi connectivity index (χ0v) is 8.25. The van der Waals surface area contributed by atoms with Gasteiger partial charge in [-0.25, -0.2) is 4.79 Å². The standard InChI is InChI=1S/C9H16O5/c1-6(10)5-14-7(2)8(11)3-4-9(12)13/h3-4,6-8,10-11H,5H2,1-2H3,(H,12,13). The van der Waals surface area contributed by atoms with E-state index in [1.165, 1.54) is 0 Å². The Morgan fingerprint density at radius 2 is 2.00 bits per heavy atom. The Hall–Kier alpha value is -0.910. The minimum absolute atomic E-state index is 0.110. The summed E-state index contributed by atoms with van der Waals surface area (Å²) in [4.78, 5) is 10.1. The van der Waals surface area contributed by atoms with E-state index >= 15 is 0 Å². The first-order valence-electron chi connectivity index (χ1n) is 4.32. The lowest BCUT2D eigenvalue weighted by atomic mass is 10.2. The van der Waals surface area contributed by atoms with E-state index in [9.17, 15) is 9.90 Å². The smallest absolute Gasteiger partial charge is 0.328 e. The molecule has 0 amide bonds. The van der Waals surface area contributed by atoms with Gasteiger partial charge in [0.05, 0.1) is 24.9 Å². The summed E-state index contributed by atoms with van der Waals surface area (Å²) in [6.45, 7) is 3.27. The van der Waals surface area contributed by atoms with Crippen LogP contribution in [0.2, 0.25) is 0 Å². The number of carboxylic acid groups (broad SMARTS) is 1. The average molecular weight is 204 g/mol. The second-order valence-corrected chi connectivity index (χ2v) is 3.08. The van der Waals surface area contributed by atoms with E-state index in [1.807, 2.05) is 0 Å². The largest absolute Gasteiger partial charge is 0.478 e. The van der Waals surface area contributed by atoms with Crippen molar-refractivity contribution in [2.45, 2.75) is 32.2 Å². The van der Waals surface area contributed by atoms with Crippen molar-refractivity contribution < 1.29 is 24.9 Å². The minimum atomic E-state index is -1.12. The lowest BCUT2D eigenvalue weighted by Crippen LogP contribution is -2.27. The van der Waals surface area contributed by atoms with Crippen LogP contribution in [0.5, 0.6) is 0 Å². The molecule has 0 spiro atoms. The van der Waals surface area contributed by atoms with Gasteiger partial charge in [-0.3, -0.25) is 0 Å². The van der Waals surface area contributed by atoms with E-state index in [0.717, 1.165) is 12.2 Å². The first-order chi connectivity index (χ1) is 6.43. The molecule has 3 atom stereocenters. The second kappa shape index (κ2) is 6.53. The van der Waals surface area contributed by atoms with Crippen LogP contribution in [0.1, 0.15) is 13.8 Å². The summed E-state index contributed by atoms with van der Waals surface area (Å²) in [6, 6.07) is 0. The van der Waals surface area contributed by atoms with Crippen molar-refractivity contribution in [3.05, 3.63) is 12.2 Å². The molecule has 0 aliphatic heterocycles. The van der Waals surface area contributed by atoms with Gasteiger partial charge in [0.25, 0.3) is 0 Å². The van der Waals surface area contributed by atoms with Crippen molar-refractivity contribution in [2.24, 2.45) is 0 Å². The minimum Gasteiger partial charge on any atom is -0.478 e. The Morgan fingerprint density at radius 1 is 1.43 bits per heavy atom. The van der Waals surface area contributed by atoms with Gasteiger partial charge in [-0.15, -0.1) is 0 Å². The molecule has 5 heteroatoms. The Kier molecular flexibility index (Phi) is 6.11. The maximum atomic E-state index is 10.1. The van der Waals surface area contributed by atoms with Crippen LogP contribution in [0, 0.1) is 0 Å². The lowest BCUT2D eigenvalue weighted by Gasteiger charge is -2.17. The summed E-state index contributed by atoms with van der Waals surface area (Å²) in [5.41, 5.74) is 0. The van der Waals surface area contributed by atoms with Gasteiger partial charge in [0.15, 0.2) is 0 Å². The molecule has 0 aliphatic carbocycles. The van der Waals surface area contributed by atoms with E-state index < -0.39 is 24.3 Å². The highest BCUT2D eigenvalue weighted by atomic mass is 16.5. The molecule has 0 heterocycles. The predicted octanol–water partition coefficient (Wildman–Crippen LogP) is -0.226. The number of carbonyl (C=O) groups is 1. The Bertz CT molecular complexity index is 199. The maximum Gasteiger partial charge on any atom is 0.328 e. The highest BCUT2D eigenvalue weighted by molar-refractivity contribution is 5.79. The number of carboxylic acids is 1. The van der Waals surface area contributed by atoms with Crippen LogP contribution in [0.4, 0.5) is 0 Å². The van der Waals surface area contributed by atoms with E-state index in [-0.39, 0.29) is 6.61 Å². The molecule has 3 N–H and O–H groups in total. The SMILES string of the molecule is CC(O)COC(C)C(O)C=CC(=O)O. The fourth-order valence-corrected chi connectivity index (χ4v) is 0.727. The van der Waals surface area contributed by atoms with Crippen molar-refractivity contribution in [3.63, 3.8) is 0 Å². The molecule has 3 unspecified atom stereocenters. The zero-order valence-electron chi connectivity index (χ0n) is 8.25. The fourth-order valence-electron chi connectivity index (χ4n) is 0.727. The molecule has 0 aromatic carbocycles. The predicted molar refractivity (Wildman–Crippen MR) is 49.9 cm³/mol. The summed E-state index contributed by atoms with van der Waals surface area (Å²) >= 11 is 0. The molecule has 0 radical (unpaired) electrons. The third-order valence-corrected chi connectivity index (χ3v) is 1.52. The van der Waals surface area contributed by atoms with Crippen molar-refractivity contribution in [1.29, 1.82) is 0 Å². The molecule has 0 saturated carbocycles. The zero-order chi connectivity index (χ0) is 11.1. The quantitative estimate of drug-likeness (QED) is 0.520. The number of hydrogen-bond donors (Lipinski definition) is 3. The van der Waals surface area contributed by atoms with Gasteiger partial charge in [0.1, 0.15) is 0 Å². The van der Waals surface area contributed by atoms with E-state index in [2.05, 4.69) is 0 Å². The molecule has 0 bridgehead atoms. The third-order valence-electron chi connectivity index (χ3n) is 1.52. The van der Waals surface area contributed by atoms with Gasteiger partial charge in [-0.2, -0.15) is 0 Å². The van der Waals surface area contributed by atoms with Crippen molar-refractivity contribution >= 4 is 5.97 Å². The highest BCUT2D eigenvalue weighted by Gasteiger charge is 2.12. The molecule has 0 rings (SSSR count). The molecule has 0 aromatic rings. The number of ether oxygens (including phenoxy) is 1. The first kappa shape index (κ1) is 13.1. The topological polar surface area (TPSA) is 87.0 Å². The molecule has 5 nitrogen and oxygen atoms in total. The molecular weight excluding hydrogens is 188 g/mol. The van der Waals surface area contributed by atoms with E-state index in [0.29, 0.717) is 0 Å². The molecular formula is C9H16O5. The number of aliphatic hydroxyl groups is 2. The van der Waals surface area contributed by atoms with Gasteiger partial charge < -0.3 is 20.1 Å². The van der Waals surface area contributed by atoms with Crippen LogP contribution < -0.4 is 0 Å². The van der Waals surface area contributed by atoms with Crippen LogP contribution in [0.3, 0.4) is 0 Å². The van der Waals surface area contributed by atoms with Crippen LogP contribution >= 0.6 is 0 Å². The summed E-state index contributed by atoms with van der Waals surface area (Å²) in [7, 11) is 0. The van der Waals surface area contributed by atoms with Gasteiger partial charge in [-0.1, -0.05) is 0 Å². The molecule has 0 aromatic heterocycles. The highest BCUT2D eigenvalue weighted by Crippen LogP contribution is 2.01. The summed E-state index contributed by atoms with van der Waals surface area (Å²) in [5, 5.41) is 26.5. The monoisotopic (exact) mass is 204 g/mol. The number of aliphatic hydroxyl groups excluding tert-OH is 2. The van der Waals surface area contributed by atoms with Crippen molar-refractivity contribution in [1.82, 2.24) is 0 Å². The van der Waals surface area contributed by atoms with Crippen LogP contribution in [-0.2, 0) is 9.53 Å². The van der Waals surface area contributed by atoms with Crippen molar-refractivity contribution in [3.8, 4) is 0 Å². The van der Waals surface area contributed by atoms with E-state index in [4.69, 9.17) is 14.9 Å². The summed E-state index contributed by atoms with van der Waals surface area (Å²) < 4.78 is 5.05. The van der Waals surface area contributed by atoms with Gasteiger partial charge >= 0.3 is 5.97 Å². The van der Waals surface area contributed by atoms with E-state index in [1.54, 1.807) is 13.8 Å². The molecule has 14 heavy (non-hydrogen) atoms. The normalized spacial score (nSPS) is 18.0. The summed E-state index contributed by atoms with van der Waals surface area (Å²) in [5.74, 6) is -1.12. The van der Waals surface area contributed by atoms with Crippen LogP contribution in [-0.4, -0.2) is 46.2 Å². The van der Waals surface area contributed by atoms with Crippen LogP contribution in [0.25, 0.3) is 0 Å². The Labute approximate surface area is 82.6 Å². The molecule has 82 valence electrons. The average Bonchev–Trinajstić information content (AvgIpc) is 2.09. The lowest BCUT2D eigenvalue weighted by molar-refractivity contribution is -0.131. The number of rotatable bonds is 6. The van der Waals surface area contributed by atoms with Crippen molar-refractivity contribution in [2.75, 3.05) is 6.61 Å². The summed E-state index contributed by atoms with van der Waals surface area (Å²) in [6.07, 6.45) is -0.139. The Morgan fingerprint density at radius 3 is 2.43 bits per heavy atom. The molecule has 0 fully saturated rings. The Balaban J connectivity index is 3.86. The van der Waals surface area contributed by atoms with Crippen LogP contribution in [0.15, 0.2) is 12.2 Å². The first-order valence-corrected chi connectivity index (χ1v) is 4.32. The third kappa shape index (κ3) is 6.59. The molecule has 0 saturated heterocycles.